The first kappa shape index (κ1) is 34.0. The summed E-state index contributed by atoms with van der Waals surface area (Å²) in [7, 11) is 0. The average molecular weight is 497 g/mol. The molecule has 32 heavy (non-hydrogen) atoms. The Morgan fingerprint density at radius 3 is 0.906 bits per heavy atom. The van der Waals surface area contributed by atoms with Gasteiger partial charge in [0.15, 0.2) is 0 Å². The van der Waals surface area contributed by atoms with Gasteiger partial charge in [-0.15, -0.1) is 0 Å². The van der Waals surface area contributed by atoms with E-state index < -0.39 is 13.7 Å². The summed E-state index contributed by atoms with van der Waals surface area (Å²) in [6.07, 6.45) is 14.2. The van der Waals surface area contributed by atoms with Gasteiger partial charge in [-0.1, -0.05) is 0 Å². The molecule has 0 saturated heterocycles. The molecular weight excluding hydrogens is 438 g/mol. The molecule has 0 unspecified atom stereocenters. The van der Waals surface area contributed by atoms with Crippen LogP contribution in [0, 0.1) is 0 Å². The second kappa shape index (κ2) is 15.7. The molecule has 0 aliphatic carbocycles. The molecule has 6 heteroatoms. The average Bonchev–Trinajstić information content (AvgIpc) is 2.79. The first-order valence-electron chi connectivity index (χ1n) is 13.5. The molecule has 0 atom stereocenters. The Labute approximate surface area is 201 Å². The molecule has 0 fully saturated rings. The van der Waals surface area contributed by atoms with E-state index in [1.807, 2.05) is 13.8 Å². The van der Waals surface area contributed by atoms with E-state index in [1.165, 1.54) is 0 Å². The summed E-state index contributed by atoms with van der Waals surface area (Å²) in [5.74, 6) is 0.00605. The van der Waals surface area contributed by atoms with Crippen LogP contribution in [0.4, 0.5) is 0 Å². The standard InChI is InChI=1S/C15H33O2P.C11H25O2P/c1-6-11-18(12-7-2,13-8-3,14-9-4)17-15(16)10-5;1-6-11(12)13-14(7-2,8-3,9-4)10-5/h6-14H2,1-5H3;6-10H2,1-5H3. The second-order valence-corrected chi connectivity index (χ2v) is 21.6. The van der Waals surface area contributed by atoms with E-state index in [0.29, 0.717) is 12.8 Å². The maximum atomic E-state index is 11.9. The molecular formula is C26H58O4P2. The summed E-state index contributed by atoms with van der Waals surface area (Å²) >= 11 is 0. The van der Waals surface area contributed by atoms with Gasteiger partial charge in [-0.05, 0) is 0 Å². The predicted molar refractivity (Wildman–Crippen MR) is 149 cm³/mol. The van der Waals surface area contributed by atoms with E-state index in [0.717, 1.165) is 75.0 Å². The monoisotopic (exact) mass is 496 g/mol. The molecule has 0 N–H and O–H groups in total. The molecule has 0 aromatic rings. The van der Waals surface area contributed by atoms with Gasteiger partial charge in [0.1, 0.15) is 0 Å². The molecule has 0 bridgehead atoms. The fraction of sp³-hybridized carbons (Fsp3) is 0.923. The Balaban J connectivity index is 0. The van der Waals surface area contributed by atoms with E-state index in [9.17, 15) is 9.59 Å². The summed E-state index contributed by atoms with van der Waals surface area (Å²) < 4.78 is 12.1. The molecule has 0 saturated carbocycles. The van der Waals surface area contributed by atoms with Gasteiger partial charge in [0.2, 0.25) is 0 Å². The molecule has 196 valence electrons. The molecule has 0 aliphatic heterocycles. The molecule has 0 radical (unpaired) electrons. The summed E-state index contributed by atoms with van der Waals surface area (Å²) in [5, 5.41) is 0. The van der Waals surface area contributed by atoms with Crippen LogP contribution >= 0.6 is 13.7 Å². The van der Waals surface area contributed by atoms with E-state index >= 15 is 0 Å². The molecule has 0 aromatic carbocycles. The fourth-order valence-corrected chi connectivity index (χ4v) is 16.3. The van der Waals surface area contributed by atoms with Crippen molar-refractivity contribution in [2.75, 3.05) is 49.3 Å². The van der Waals surface area contributed by atoms with Crippen molar-refractivity contribution in [3.05, 3.63) is 0 Å². The topological polar surface area (TPSA) is 52.6 Å². The van der Waals surface area contributed by atoms with Crippen molar-refractivity contribution < 1.29 is 18.6 Å². The van der Waals surface area contributed by atoms with E-state index in [-0.39, 0.29) is 11.9 Å². The summed E-state index contributed by atoms with van der Waals surface area (Å²) in [5.41, 5.74) is 0. The Morgan fingerprint density at radius 2 is 0.719 bits per heavy atom. The SMILES string of the molecule is CCC(=O)OP(CC)(CC)(CC)CC.CCCP(CCC)(CCC)(CCC)OC(=O)CC. The van der Waals surface area contributed by atoms with Gasteiger partial charge < -0.3 is 0 Å². The van der Waals surface area contributed by atoms with Crippen molar-refractivity contribution in [2.24, 2.45) is 0 Å². The first-order chi connectivity index (χ1) is 15.0. The third-order valence-corrected chi connectivity index (χ3v) is 21.8. The van der Waals surface area contributed by atoms with Crippen LogP contribution < -0.4 is 0 Å². The minimum absolute atomic E-state index is 0.0185. The molecule has 0 aliphatic rings. The summed E-state index contributed by atoms with van der Waals surface area (Å²) in [6.45, 7) is 16.9. The van der Waals surface area contributed by atoms with Crippen LogP contribution in [-0.4, -0.2) is 61.2 Å². The molecule has 0 heterocycles. The van der Waals surface area contributed by atoms with Crippen molar-refractivity contribution in [1.82, 2.24) is 0 Å². The normalized spacial score (nSPS) is 14.2. The van der Waals surface area contributed by atoms with Crippen LogP contribution in [0.15, 0.2) is 0 Å². The fourth-order valence-electron chi connectivity index (χ4n) is 5.42. The molecule has 0 rings (SSSR count). The van der Waals surface area contributed by atoms with Gasteiger partial charge in [-0.25, -0.2) is 0 Å². The van der Waals surface area contributed by atoms with Gasteiger partial charge >= 0.3 is 201 Å². The van der Waals surface area contributed by atoms with Crippen LogP contribution in [-0.2, 0) is 18.6 Å². The zero-order valence-corrected chi connectivity index (χ0v) is 25.2. The maximum absolute atomic E-state index is 11.9. The van der Waals surface area contributed by atoms with Crippen molar-refractivity contribution in [3.63, 3.8) is 0 Å². The molecule has 0 amide bonds. The van der Waals surface area contributed by atoms with Gasteiger partial charge in [-0.2, -0.15) is 0 Å². The van der Waals surface area contributed by atoms with Crippen molar-refractivity contribution in [1.29, 1.82) is 0 Å². The van der Waals surface area contributed by atoms with Crippen LogP contribution in [0.2, 0.25) is 0 Å². The van der Waals surface area contributed by atoms with Gasteiger partial charge in [0.25, 0.3) is 0 Å². The van der Waals surface area contributed by atoms with E-state index in [4.69, 9.17) is 9.05 Å². The van der Waals surface area contributed by atoms with Crippen molar-refractivity contribution in [2.45, 2.75) is 108 Å². The number of carbonyl (C=O) groups excluding carboxylic acids is 2. The Kier molecular flexibility index (Phi) is 16.6. The molecule has 4 nitrogen and oxygen atoms in total. The minimum atomic E-state index is -2.26. The van der Waals surface area contributed by atoms with Crippen LogP contribution in [0.3, 0.4) is 0 Å². The third-order valence-electron chi connectivity index (χ3n) is 7.65. The van der Waals surface area contributed by atoms with E-state index in [2.05, 4.69) is 55.4 Å². The number of carbonyl (C=O) groups is 2. The summed E-state index contributed by atoms with van der Waals surface area (Å²) in [6, 6.07) is 0. The quantitative estimate of drug-likeness (QED) is 0.201. The third kappa shape index (κ3) is 9.21. The predicted octanol–water partition coefficient (Wildman–Crippen LogP) is 8.54. The summed E-state index contributed by atoms with van der Waals surface area (Å²) in [4.78, 5) is 23.4. The van der Waals surface area contributed by atoms with Gasteiger partial charge in [0.05, 0.1) is 0 Å². The first-order valence-corrected chi connectivity index (χ1v) is 19.3. The van der Waals surface area contributed by atoms with Crippen molar-refractivity contribution in [3.8, 4) is 0 Å². The van der Waals surface area contributed by atoms with Gasteiger partial charge in [-0.3, -0.25) is 0 Å². The van der Waals surface area contributed by atoms with Crippen LogP contribution in [0.5, 0.6) is 0 Å². The van der Waals surface area contributed by atoms with Crippen LogP contribution in [0.25, 0.3) is 0 Å². The second-order valence-electron chi connectivity index (χ2n) is 9.51. The van der Waals surface area contributed by atoms with Crippen molar-refractivity contribution >= 4 is 25.6 Å². The van der Waals surface area contributed by atoms with Gasteiger partial charge in [0, 0.05) is 0 Å². The Morgan fingerprint density at radius 1 is 0.469 bits per heavy atom. The Hall–Kier alpha value is -0.200. The zero-order chi connectivity index (χ0) is 25.4. The number of hydrogen-bond acceptors (Lipinski definition) is 4. The number of hydrogen-bond donors (Lipinski definition) is 0. The number of rotatable bonds is 16. The van der Waals surface area contributed by atoms with Crippen LogP contribution in [0.1, 0.15) is 108 Å². The molecule has 0 aromatic heterocycles. The van der Waals surface area contributed by atoms with E-state index in [1.54, 1.807) is 0 Å². The Bertz CT molecular complexity index is 485. The zero-order valence-electron chi connectivity index (χ0n) is 23.4. The molecule has 0 spiro atoms.